The van der Waals surface area contributed by atoms with Crippen molar-refractivity contribution in [2.75, 3.05) is 5.73 Å². The lowest BCUT2D eigenvalue weighted by Crippen LogP contribution is -2.57. The molecule has 1 saturated heterocycles. The zero-order chi connectivity index (χ0) is 21.3. The zero-order valence-corrected chi connectivity index (χ0v) is 17.8. The van der Waals surface area contributed by atoms with Gasteiger partial charge in [-0.15, -0.1) is 0 Å². The Morgan fingerprint density at radius 1 is 1.07 bits per heavy atom. The van der Waals surface area contributed by atoms with E-state index >= 15 is 0 Å². The number of nitrogens with two attached hydrogens (primary N) is 1. The molecule has 30 heavy (non-hydrogen) atoms. The molecule has 0 spiro atoms. The van der Waals surface area contributed by atoms with Crippen molar-refractivity contribution in [3.05, 3.63) is 41.6 Å². The van der Waals surface area contributed by atoms with E-state index in [9.17, 15) is 14.4 Å². The number of likely N-dealkylation sites (tertiary alicyclic amines) is 1. The number of benzene rings is 1. The standard InChI is InChI=1S/C25H30N2O3/c1-24-12-11-22(30)27(14-15-3-5-16(26)6-4-15)20(24)9-7-17-18-8-10-21(29)25(18,2)13-19(28)23(17)24/h3-6,9,17-18,23H,7-8,10-14,26H2,1-2H3/t17?,18-,23+,24-,25-/m0/s1. The molecule has 3 aliphatic carbocycles. The maximum Gasteiger partial charge on any atom is 0.227 e. The van der Waals surface area contributed by atoms with E-state index in [2.05, 4.69) is 13.0 Å². The van der Waals surface area contributed by atoms with E-state index in [0.29, 0.717) is 37.9 Å². The Hall–Kier alpha value is -2.43. The van der Waals surface area contributed by atoms with Crippen molar-refractivity contribution in [2.24, 2.45) is 28.6 Å². The van der Waals surface area contributed by atoms with Crippen LogP contribution in [0, 0.1) is 28.6 Å². The van der Waals surface area contributed by atoms with Gasteiger partial charge in [-0.25, -0.2) is 0 Å². The highest BCUT2D eigenvalue weighted by Gasteiger charge is 2.62. The number of nitrogen functional groups attached to an aromatic ring is 1. The highest BCUT2D eigenvalue weighted by Crippen LogP contribution is 2.62. The van der Waals surface area contributed by atoms with Crippen molar-refractivity contribution in [3.8, 4) is 0 Å². The van der Waals surface area contributed by atoms with Crippen LogP contribution in [0.3, 0.4) is 0 Å². The van der Waals surface area contributed by atoms with Gasteiger partial charge in [-0.1, -0.05) is 32.1 Å². The van der Waals surface area contributed by atoms with Gasteiger partial charge < -0.3 is 10.6 Å². The molecule has 1 aromatic rings. The summed E-state index contributed by atoms with van der Waals surface area (Å²) in [6.07, 6.45) is 6.02. The molecule has 0 aromatic heterocycles. The van der Waals surface area contributed by atoms with Crippen LogP contribution >= 0.6 is 0 Å². The molecular formula is C25H30N2O3. The predicted molar refractivity (Wildman–Crippen MR) is 114 cm³/mol. The van der Waals surface area contributed by atoms with Gasteiger partial charge in [-0.05, 0) is 48.8 Å². The van der Waals surface area contributed by atoms with E-state index in [0.717, 1.165) is 24.1 Å². The predicted octanol–water partition coefficient (Wildman–Crippen LogP) is 3.88. The molecule has 1 heterocycles. The maximum atomic E-state index is 13.5. The average molecular weight is 407 g/mol. The minimum absolute atomic E-state index is 0.0940. The summed E-state index contributed by atoms with van der Waals surface area (Å²) in [5.74, 6) is 1.02. The lowest BCUT2D eigenvalue weighted by Gasteiger charge is -2.56. The SMILES string of the molecule is C[C@]12CCC(=O)N(Cc3ccc(N)cc3)C1=CCC1[C@@H]2C(=O)C[C@]2(C)C(=O)CC[C@@H]12. The summed E-state index contributed by atoms with van der Waals surface area (Å²) in [5.41, 5.74) is 7.75. The number of Topliss-reactive ketones (excluding diaryl/α,β-unsaturated/α-hetero) is 2. The first-order valence-corrected chi connectivity index (χ1v) is 11.2. The summed E-state index contributed by atoms with van der Waals surface area (Å²) in [7, 11) is 0. The molecule has 1 aliphatic heterocycles. The van der Waals surface area contributed by atoms with E-state index in [1.165, 1.54) is 0 Å². The van der Waals surface area contributed by atoms with Gasteiger partial charge in [-0.2, -0.15) is 0 Å². The van der Waals surface area contributed by atoms with Crippen LogP contribution in [0.5, 0.6) is 0 Å². The second kappa shape index (κ2) is 6.53. The minimum atomic E-state index is -0.478. The fourth-order valence-electron chi connectivity index (χ4n) is 7.04. The Labute approximate surface area is 177 Å². The number of carbonyl (C=O) groups excluding carboxylic acids is 3. The van der Waals surface area contributed by atoms with Crippen molar-refractivity contribution in [3.63, 3.8) is 0 Å². The van der Waals surface area contributed by atoms with Crippen LogP contribution in [-0.4, -0.2) is 22.4 Å². The third-order valence-electron chi connectivity index (χ3n) is 8.60. The number of ketones is 2. The molecule has 5 rings (SSSR count). The third kappa shape index (κ3) is 2.63. The Bertz CT molecular complexity index is 965. The lowest BCUT2D eigenvalue weighted by molar-refractivity contribution is -0.152. The number of hydrogen-bond donors (Lipinski definition) is 1. The van der Waals surface area contributed by atoms with Gasteiger partial charge in [0.15, 0.2) is 0 Å². The van der Waals surface area contributed by atoms with E-state index in [1.54, 1.807) is 0 Å². The van der Waals surface area contributed by atoms with Gasteiger partial charge >= 0.3 is 0 Å². The number of anilines is 1. The number of amides is 1. The molecule has 4 aliphatic rings. The van der Waals surface area contributed by atoms with Crippen LogP contribution < -0.4 is 5.73 Å². The number of piperidine rings is 1. The normalized spacial score (nSPS) is 38.1. The zero-order valence-electron chi connectivity index (χ0n) is 17.8. The average Bonchev–Trinajstić information content (AvgIpc) is 3.00. The van der Waals surface area contributed by atoms with Crippen LogP contribution in [0.15, 0.2) is 36.0 Å². The molecule has 1 aromatic carbocycles. The van der Waals surface area contributed by atoms with Gasteiger partial charge in [0.05, 0.1) is 6.54 Å². The second-order valence-corrected chi connectivity index (χ2v) is 10.2. The maximum absolute atomic E-state index is 13.5. The number of hydrogen-bond acceptors (Lipinski definition) is 4. The summed E-state index contributed by atoms with van der Waals surface area (Å²) in [4.78, 5) is 40.9. The third-order valence-corrected chi connectivity index (χ3v) is 8.60. The van der Waals surface area contributed by atoms with Crippen molar-refractivity contribution in [2.45, 2.75) is 58.9 Å². The van der Waals surface area contributed by atoms with E-state index in [1.807, 2.05) is 36.1 Å². The van der Waals surface area contributed by atoms with E-state index < -0.39 is 5.41 Å². The van der Waals surface area contributed by atoms with Gasteiger partial charge in [-0.3, -0.25) is 14.4 Å². The molecule has 3 fully saturated rings. The molecule has 0 bridgehead atoms. The van der Waals surface area contributed by atoms with Gasteiger partial charge in [0.25, 0.3) is 0 Å². The van der Waals surface area contributed by atoms with Crippen molar-refractivity contribution in [1.29, 1.82) is 0 Å². The van der Waals surface area contributed by atoms with Crippen LogP contribution in [0.4, 0.5) is 5.69 Å². The summed E-state index contributed by atoms with van der Waals surface area (Å²) < 4.78 is 0. The quantitative estimate of drug-likeness (QED) is 0.756. The van der Waals surface area contributed by atoms with Crippen LogP contribution in [0.1, 0.15) is 57.9 Å². The monoisotopic (exact) mass is 406 g/mol. The van der Waals surface area contributed by atoms with Gasteiger partial charge in [0, 0.05) is 47.4 Å². The lowest BCUT2D eigenvalue weighted by atomic mass is 9.49. The Morgan fingerprint density at radius 2 is 1.80 bits per heavy atom. The van der Waals surface area contributed by atoms with Crippen LogP contribution in [0.2, 0.25) is 0 Å². The molecule has 5 heteroatoms. The molecule has 5 atom stereocenters. The molecule has 2 saturated carbocycles. The molecular weight excluding hydrogens is 376 g/mol. The Balaban J connectivity index is 1.52. The Kier molecular flexibility index (Phi) is 4.25. The number of rotatable bonds is 2. The van der Waals surface area contributed by atoms with E-state index in [-0.39, 0.29) is 40.6 Å². The molecule has 1 amide bonds. The van der Waals surface area contributed by atoms with Crippen molar-refractivity contribution in [1.82, 2.24) is 4.90 Å². The summed E-state index contributed by atoms with van der Waals surface area (Å²) in [5, 5.41) is 0. The van der Waals surface area contributed by atoms with Crippen LogP contribution in [0.25, 0.3) is 0 Å². The first kappa shape index (κ1) is 19.5. The number of fused-ring (bicyclic) bond motifs is 5. The fraction of sp³-hybridized carbons (Fsp3) is 0.560. The Morgan fingerprint density at radius 3 is 2.53 bits per heavy atom. The second-order valence-electron chi connectivity index (χ2n) is 10.2. The largest absolute Gasteiger partial charge is 0.399 e. The van der Waals surface area contributed by atoms with Gasteiger partial charge in [0.2, 0.25) is 5.91 Å². The number of allylic oxidation sites excluding steroid dienone is 2. The molecule has 5 nitrogen and oxygen atoms in total. The first-order valence-electron chi connectivity index (χ1n) is 11.2. The minimum Gasteiger partial charge on any atom is -0.399 e. The van der Waals surface area contributed by atoms with Gasteiger partial charge in [0.1, 0.15) is 11.6 Å². The highest BCUT2D eigenvalue weighted by atomic mass is 16.2. The first-order chi connectivity index (χ1) is 14.2. The van der Waals surface area contributed by atoms with E-state index in [4.69, 9.17) is 5.73 Å². The molecule has 0 radical (unpaired) electrons. The van der Waals surface area contributed by atoms with Crippen molar-refractivity contribution >= 4 is 23.2 Å². The fourth-order valence-corrected chi connectivity index (χ4v) is 7.04. The summed E-state index contributed by atoms with van der Waals surface area (Å²) in [6.45, 7) is 4.70. The molecule has 2 N–H and O–H groups in total. The smallest absolute Gasteiger partial charge is 0.227 e. The molecule has 1 unspecified atom stereocenters. The summed E-state index contributed by atoms with van der Waals surface area (Å²) in [6, 6.07) is 7.64. The number of carbonyl (C=O) groups is 3. The highest BCUT2D eigenvalue weighted by molar-refractivity contribution is 5.96. The summed E-state index contributed by atoms with van der Waals surface area (Å²) >= 11 is 0. The van der Waals surface area contributed by atoms with Crippen molar-refractivity contribution < 1.29 is 14.4 Å². The molecule has 158 valence electrons. The number of nitrogens with zero attached hydrogens (tertiary/aromatic N) is 1. The van der Waals surface area contributed by atoms with Crippen LogP contribution in [-0.2, 0) is 20.9 Å². The topological polar surface area (TPSA) is 80.5 Å².